The normalized spacial score (nSPS) is 10.8. The van der Waals surface area contributed by atoms with E-state index < -0.39 is 0 Å². The van der Waals surface area contributed by atoms with E-state index in [4.69, 9.17) is 25.8 Å². The van der Waals surface area contributed by atoms with Crippen molar-refractivity contribution in [3.8, 4) is 23.3 Å². The number of benzene rings is 2. The Kier molecular flexibility index (Phi) is 5.51. The highest BCUT2D eigenvalue weighted by Gasteiger charge is 2.13. The second kappa shape index (κ2) is 7.57. The van der Waals surface area contributed by atoms with Crippen LogP contribution in [0, 0.1) is 11.3 Å². The first-order chi connectivity index (χ1) is 11.1. The minimum absolute atomic E-state index is 0.510. The van der Waals surface area contributed by atoms with Crippen molar-refractivity contribution in [2.24, 2.45) is 0 Å². The molecule has 0 N–H and O–H groups in total. The first-order valence-electron chi connectivity index (χ1n) is 6.80. The second-order valence-electron chi connectivity index (χ2n) is 4.64. The Morgan fingerprint density at radius 2 is 1.57 bits per heavy atom. The summed E-state index contributed by atoms with van der Waals surface area (Å²) in [5, 5.41) is 10.0. The van der Waals surface area contributed by atoms with Crippen LogP contribution < -0.4 is 14.2 Å². The Morgan fingerprint density at radius 1 is 1.00 bits per heavy atom. The van der Waals surface area contributed by atoms with Crippen molar-refractivity contribution in [2.75, 3.05) is 21.3 Å². The molecule has 2 aromatic carbocycles. The quantitative estimate of drug-likeness (QED) is 0.601. The molecule has 0 saturated heterocycles. The predicted molar refractivity (Wildman–Crippen MR) is 91.0 cm³/mol. The van der Waals surface area contributed by atoms with E-state index in [9.17, 15) is 5.26 Å². The third kappa shape index (κ3) is 3.77. The van der Waals surface area contributed by atoms with Crippen molar-refractivity contribution in [1.29, 1.82) is 5.26 Å². The molecule has 0 saturated carbocycles. The highest BCUT2D eigenvalue weighted by molar-refractivity contribution is 6.30. The van der Waals surface area contributed by atoms with Gasteiger partial charge in [-0.1, -0.05) is 23.7 Å². The molecule has 4 nitrogen and oxygen atoms in total. The van der Waals surface area contributed by atoms with Gasteiger partial charge in [-0.05, 0) is 41.5 Å². The largest absolute Gasteiger partial charge is 0.493 e. The Balaban J connectivity index is 2.52. The third-order valence-electron chi connectivity index (χ3n) is 3.27. The number of nitriles is 1. The molecule has 0 heterocycles. The van der Waals surface area contributed by atoms with E-state index in [2.05, 4.69) is 6.07 Å². The lowest BCUT2D eigenvalue weighted by Crippen LogP contribution is -1.95. The van der Waals surface area contributed by atoms with Crippen LogP contribution >= 0.6 is 11.6 Å². The Morgan fingerprint density at radius 3 is 2.00 bits per heavy atom. The summed E-state index contributed by atoms with van der Waals surface area (Å²) in [6.07, 6.45) is 1.76. The summed E-state index contributed by atoms with van der Waals surface area (Å²) in [7, 11) is 4.65. The first-order valence-corrected chi connectivity index (χ1v) is 7.18. The van der Waals surface area contributed by atoms with E-state index in [0.717, 1.165) is 11.1 Å². The molecule has 0 spiro atoms. The zero-order valence-electron chi connectivity index (χ0n) is 13.1. The Bertz CT molecular complexity index is 736. The van der Waals surface area contributed by atoms with Gasteiger partial charge in [-0.3, -0.25) is 0 Å². The molecule has 2 rings (SSSR count). The monoisotopic (exact) mass is 329 g/mol. The van der Waals surface area contributed by atoms with Gasteiger partial charge in [-0.15, -0.1) is 0 Å². The van der Waals surface area contributed by atoms with Crippen LogP contribution in [-0.2, 0) is 0 Å². The number of methoxy groups -OCH3 is 3. The predicted octanol–water partition coefficient (Wildman–Crippen LogP) is 4.43. The molecule has 0 bridgehead atoms. The molecule has 5 heteroatoms. The maximum absolute atomic E-state index is 9.43. The van der Waals surface area contributed by atoms with Gasteiger partial charge >= 0.3 is 0 Å². The van der Waals surface area contributed by atoms with Crippen molar-refractivity contribution in [1.82, 2.24) is 0 Å². The van der Waals surface area contributed by atoms with Crippen molar-refractivity contribution < 1.29 is 14.2 Å². The molecule has 0 aromatic heterocycles. The molecule has 0 fully saturated rings. The first kappa shape index (κ1) is 16.7. The van der Waals surface area contributed by atoms with E-state index in [1.165, 1.54) is 0 Å². The highest BCUT2D eigenvalue weighted by atomic mass is 35.5. The van der Waals surface area contributed by atoms with Crippen LogP contribution in [-0.4, -0.2) is 21.3 Å². The van der Waals surface area contributed by atoms with Crippen LogP contribution in [0.4, 0.5) is 0 Å². The molecule has 23 heavy (non-hydrogen) atoms. The van der Waals surface area contributed by atoms with Crippen molar-refractivity contribution in [2.45, 2.75) is 0 Å². The van der Waals surface area contributed by atoms with Crippen molar-refractivity contribution in [3.63, 3.8) is 0 Å². The number of rotatable bonds is 5. The Hall–Kier alpha value is -2.64. The van der Waals surface area contributed by atoms with Crippen LogP contribution in [0.1, 0.15) is 11.1 Å². The average molecular weight is 330 g/mol. The highest BCUT2D eigenvalue weighted by Crippen LogP contribution is 2.39. The lowest BCUT2D eigenvalue weighted by molar-refractivity contribution is 0.324. The molecular formula is C18H16ClNO3. The van der Waals surface area contributed by atoms with Crippen molar-refractivity contribution >= 4 is 23.3 Å². The van der Waals surface area contributed by atoms with Gasteiger partial charge < -0.3 is 14.2 Å². The third-order valence-corrected chi connectivity index (χ3v) is 3.53. The minimum atomic E-state index is 0.510. The number of hydrogen-bond donors (Lipinski definition) is 0. The number of ether oxygens (including phenoxy) is 3. The van der Waals surface area contributed by atoms with Crippen molar-refractivity contribution in [3.05, 3.63) is 52.5 Å². The van der Waals surface area contributed by atoms with Crippen LogP contribution in [0.3, 0.4) is 0 Å². The number of hydrogen-bond acceptors (Lipinski definition) is 4. The summed E-state index contributed by atoms with van der Waals surface area (Å²) in [6, 6.07) is 12.9. The lowest BCUT2D eigenvalue weighted by atomic mass is 10.0. The van der Waals surface area contributed by atoms with E-state index in [-0.39, 0.29) is 0 Å². The molecule has 2 aromatic rings. The van der Waals surface area contributed by atoms with Crippen LogP contribution in [0.5, 0.6) is 17.2 Å². The van der Waals surface area contributed by atoms with Gasteiger partial charge in [0, 0.05) is 5.02 Å². The molecule has 0 unspecified atom stereocenters. The minimum Gasteiger partial charge on any atom is -0.493 e. The summed E-state index contributed by atoms with van der Waals surface area (Å²) in [5.41, 5.74) is 2.06. The van der Waals surface area contributed by atoms with Crippen LogP contribution in [0.2, 0.25) is 5.02 Å². The number of halogens is 1. The molecule has 0 atom stereocenters. The maximum atomic E-state index is 9.43. The average Bonchev–Trinajstić information content (AvgIpc) is 2.59. The molecule has 0 aliphatic heterocycles. The zero-order valence-corrected chi connectivity index (χ0v) is 13.8. The van der Waals surface area contributed by atoms with Gasteiger partial charge in [0.15, 0.2) is 11.5 Å². The smallest absolute Gasteiger partial charge is 0.203 e. The summed E-state index contributed by atoms with van der Waals surface area (Å²) in [4.78, 5) is 0. The van der Waals surface area contributed by atoms with Gasteiger partial charge in [-0.2, -0.15) is 5.26 Å². The standard InChI is InChI=1S/C18H16ClNO3/c1-21-16-9-12(10-17(22-2)18(16)23-3)8-14(11-20)13-4-6-15(19)7-5-13/h4-10H,1-3H3. The number of allylic oxidation sites excluding steroid dienone is 1. The SMILES string of the molecule is COc1cc(C=C(C#N)c2ccc(Cl)cc2)cc(OC)c1OC. The van der Waals surface area contributed by atoms with Gasteiger partial charge in [0.05, 0.1) is 33.0 Å². The summed E-state index contributed by atoms with van der Waals surface area (Å²) >= 11 is 5.88. The molecule has 0 aliphatic rings. The van der Waals surface area contributed by atoms with Crippen LogP contribution in [0.25, 0.3) is 11.6 Å². The zero-order chi connectivity index (χ0) is 16.8. The summed E-state index contributed by atoms with van der Waals surface area (Å²) in [5.74, 6) is 1.58. The summed E-state index contributed by atoms with van der Waals surface area (Å²) in [6.45, 7) is 0. The molecule has 0 aliphatic carbocycles. The van der Waals surface area contributed by atoms with Crippen LogP contribution in [0.15, 0.2) is 36.4 Å². The van der Waals surface area contributed by atoms with E-state index in [1.54, 1.807) is 63.8 Å². The fourth-order valence-corrected chi connectivity index (χ4v) is 2.29. The second-order valence-corrected chi connectivity index (χ2v) is 5.07. The van der Waals surface area contributed by atoms with E-state index >= 15 is 0 Å². The molecular weight excluding hydrogens is 314 g/mol. The molecule has 0 amide bonds. The van der Waals surface area contributed by atoms with E-state index in [0.29, 0.717) is 27.8 Å². The topological polar surface area (TPSA) is 51.5 Å². The maximum Gasteiger partial charge on any atom is 0.203 e. The fourth-order valence-electron chi connectivity index (χ4n) is 2.16. The molecule has 118 valence electrons. The van der Waals surface area contributed by atoms with Gasteiger partial charge in [0.2, 0.25) is 5.75 Å². The lowest BCUT2D eigenvalue weighted by Gasteiger charge is -2.13. The Labute approximate surface area is 140 Å². The van der Waals surface area contributed by atoms with E-state index in [1.807, 2.05) is 0 Å². The van der Waals surface area contributed by atoms with Gasteiger partial charge in [0.25, 0.3) is 0 Å². The number of nitrogens with zero attached hydrogens (tertiary/aromatic N) is 1. The summed E-state index contributed by atoms with van der Waals surface area (Å²) < 4.78 is 15.9. The van der Waals surface area contributed by atoms with Gasteiger partial charge in [0.1, 0.15) is 0 Å². The molecule has 0 radical (unpaired) electrons. The fraction of sp³-hybridized carbons (Fsp3) is 0.167. The van der Waals surface area contributed by atoms with Gasteiger partial charge in [-0.25, -0.2) is 0 Å².